The Bertz CT molecular complexity index is 1060. The van der Waals surface area contributed by atoms with Crippen molar-refractivity contribution in [3.8, 4) is 0 Å². The summed E-state index contributed by atoms with van der Waals surface area (Å²) in [6, 6.07) is 11.1. The number of esters is 1. The van der Waals surface area contributed by atoms with Crippen molar-refractivity contribution >= 4 is 34.2 Å². The minimum absolute atomic E-state index is 0.102. The summed E-state index contributed by atoms with van der Waals surface area (Å²) in [6.07, 6.45) is 0.434. The molecule has 0 bridgehead atoms. The Hall–Kier alpha value is -2.90. The average Bonchev–Trinajstić information content (AvgIpc) is 3.05. The van der Waals surface area contributed by atoms with Gasteiger partial charge in [-0.05, 0) is 23.8 Å². The molecule has 0 spiro atoms. The number of halogens is 1. The van der Waals surface area contributed by atoms with Gasteiger partial charge in [-0.1, -0.05) is 29.8 Å². The number of ether oxygens (including phenoxy) is 1. The number of nitro benzene ring substituents is 1. The van der Waals surface area contributed by atoms with Crippen LogP contribution < -0.4 is 5.32 Å². The number of nitro groups is 1. The van der Waals surface area contributed by atoms with Crippen LogP contribution in [-0.2, 0) is 16.0 Å². The molecule has 0 fully saturated rings. The number of nitrogens with zero attached hydrogens (tertiary/aromatic N) is 1. The van der Waals surface area contributed by atoms with Crippen LogP contribution in [0.2, 0.25) is 5.02 Å². The van der Waals surface area contributed by atoms with E-state index in [2.05, 4.69) is 10.3 Å². The first-order chi connectivity index (χ1) is 13.0. The Morgan fingerprint density at radius 2 is 2.07 bits per heavy atom. The molecule has 2 atom stereocenters. The van der Waals surface area contributed by atoms with Crippen molar-refractivity contribution in [3.63, 3.8) is 0 Å². The monoisotopic (exact) mass is 385 g/mol. The molecule has 0 amide bonds. The summed E-state index contributed by atoms with van der Waals surface area (Å²) in [5.74, 6) is -0.410. The summed E-state index contributed by atoms with van der Waals surface area (Å²) in [5.41, 5.74) is 3.01. The van der Waals surface area contributed by atoms with Gasteiger partial charge in [0.15, 0.2) is 0 Å². The van der Waals surface area contributed by atoms with Gasteiger partial charge in [0.25, 0.3) is 5.69 Å². The highest BCUT2D eigenvalue weighted by Crippen LogP contribution is 2.39. The number of H-pyrrole nitrogens is 1. The molecule has 8 heteroatoms. The smallest absolute Gasteiger partial charge is 0.323 e. The molecular formula is C19H16ClN3O4. The van der Waals surface area contributed by atoms with Crippen molar-refractivity contribution in [2.45, 2.75) is 18.5 Å². The van der Waals surface area contributed by atoms with Crippen LogP contribution in [0.3, 0.4) is 0 Å². The number of carbonyl (C=O) groups is 1. The number of fused-ring (bicyclic) bond motifs is 3. The van der Waals surface area contributed by atoms with Gasteiger partial charge in [0.2, 0.25) is 0 Å². The van der Waals surface area contributed by atoms with E-state index in [1.54, 1.807) is 12.1 Å². The van der Waals surface area contributed by atoms with E-state index in [9.17, 15) is 14.9 Å². The van der Waals surface area contributed by atoms with E-state index < -0.39 is 23.0 Å². The third-order valence-corrected chi connectivity index (χ3v) is 5.13. The van der Waals surface area contributed by atoms with Crippen molar-refractivity contribution in [3.05, 3.63) is 74.4 Å². The third-order valence-electron chi connectivity index (χ3n) is 4.90. The molecule has 2 aromatic carbocycles. The lowest BCUT2D eigenvalue weighted by Gasteiger charge is -2.30. The van der Waals surface area contributed by atoms with Crippen LogP contribution in [0.1, 0.15) is 22.9 Å². The van der Waals surface area contributed by atoms with Crippen molar-refractivity contribution in [2.24, 2.45) is 0 Å². The molecule has 1 aromatic heterocycles. The summed E-state index contributed by atoms with van der Waals surface area (Å²) in [7, 11) is 1.33. The van der Waals surface area contributed by atoms with E-state index in [1.165, 1.54) is 13.2 Å². The van der Waals surface area contributed by atoms with E-state index in [1.807, 2.05) is 24.3 Å². The lowest BCUT2D eigenvalue weighted by Crippen LogP contribution is -2.45. The molecule has 138 valence electrons. The van der Waals surface area contributed by atoms with E-state index in [0.29, 0.717) is 12.0 Å². The average molecular weight is 386 g/mol. The maximum Gasteiger partial charge on any atom is 0.323 e. The topological polar surface area (TPSA) is 97.3 Å². The number of rotatable bonds is 3. The molecule has 0 saturated heterocycles. The van der Waals surface area contributed by atoms with Gasteiger partial charge in [-0.2, -0.15) is 0 Å². The third kappa shape index (κ3) is 2.94. The fourth-order valence-electron chi connectivity index (χ4n) is 3.69. The zero-order valence-electron chi connectivity index (χ0n) is 14.4. The fraction of sp³-hybridized carbons (Fsp3) is 0.211. The van der Waals surface area contributed by atoms with Crippen LogP contribution in [0.4, 0.5) is 5.69 Å². The maximum atomic E-state index is 12.2. The molecule has 7 nitrogen and oxygen atoms in total. The molecule has 4 rings (SSSR count). The minimum Gasteiger partial charge on any atom is -0.468 e. The van der Waals surface area contributed by atoms with Crippen molar-refractivity contribution in [1.29, 1.82) is 0 Å². The fourth-order valence-corrected chi connectivity index (χ4v) is 3.86. The Morgan fingerprint density at radius 1 is 1.30 bits per heavy atom. The Morgan fingerprint density at radius 3 is 2.81 bits per heavy atom. The van der Waals surface area contributed by atoms with Gasteiger partial charge in [-0.3, -0.25) is 20.2 Å². The molecule has 0 aliphatic carbocycles. The number of methoxy groups -OCH3 is 1. The lowest BCUT2D eigenvalue weighted by atomic mass is 9.89. The molecule has 2 heterocycles. The first-order valence-corrected chi connectivity index (χ1v) is 8.74. The number of para-hydroxylation sites is 1. The molecule has 3 aromatic rings. The van der Waals surface area contributed by atoms with E-state index in [0.717, 1.165) is 22.2 Å². The van der Waals surface area contributed by atoms with Crippen LogP contribution >= 0.6 is 11.6 Å². The summed E-state index contributed by atoms with van der Waals surface area (Å²) < 4.78 is 4.91. The van der Waals surface area contributed by atoms with Crippen LogP contribution in [0, 0.1) is 10.1 Å². The number of carbonyl (C=O) groups excluding carboxylic acids is 1. The molecule has 0 unspecified atom stereocenters. The van der Waals surface area contributed by atoms with Gasteiger partial charge in [0.05, 0.1) is 23.6 Å². The number of aromatic amines is 1. The Balaban J connectivity index is 1.93. The van der Waals surface area contributed by atoms with Gasteiger partial charge >= 0.3 is 5.97 Å². The SMILES string of the molecule is COC(=O)[C@H]1Cc2c([nH]c3ccccc23)[C@@H](c2ccc(Cl)cc2[N+](=O)[O-])N1. The first kappa shape index (κ1) is 17.5. The summed E-state index contributed by atoms with van der Waals surface area (Å²) in [4.78, 5) is 26.7. The molecule has 27 heavy (non-hydrogen) atoms. The maximum absolute atomic E-state index is 12.2. The number of benzene rings is 2. The number of nitrogens with one attached hydrogen (secondary N) is 2. The second-order valence-corrected chi connectivity index (χ2v) is 6.84. The minimum atomic E-state index is -0.609. The second kappa shape index (κ2) is 6.68. The number of hydrogen-bond donors (Lipinski definition) is 2. The second-order valence-electron chi connectivity index (χ2n) is 6.40. The van der Waals surface area contributed by atoms with E-state index in [-0.39, 0.29) is 10.7 Å². The normalized spacial score (nSPS) is 18.9. The van der Waals surface area contributed by atoms with Crippen LogP contribution in [-0.4, -0.2) is 29.0 Å². The van der Waals surface area contributed by atoms with Crippen molar-refractivity contribution in [1.82, 2.24) is 10.3 Å². The molecule has 1 aliphatic rings. The zero-order valence-corrected chi connectivity index (χ0v) is 15.1. The van der Waals surface area contributed by atoms with Crippen molar-refractivity contribution in [2.75, 3.05) is 7.11 Å². The van der Waals surface area contributed by atoms with Crippen LogP contribution in [0.25, 0.3) is 10.9 Å². The van der Waals surface area contributed by atoms with Crippen LogP contribution in [0.5, 0.6) is 0 Å². The molecule has 1 aliphatic heterocycles. The Kier molecular flexibility index (Phi) is 4.33. The molecule has 0 radical (unpaired) electrons. The number of hydrogen-bond acceptors (Lipinski definition) is 5. The molecule has 2 N–H and O–H groups in total. The number of aromatic nitrogens is 1. The van der Waals surface area contributed by atoms with Crippen molar-refractivity contribution < 1.29 is 14.5 Å². The highest BCUT2D eigenvalue weighted by molar-refractivity contribution is 6.30. The van der Waals surface area contributed by atoms with Gasteiger partial charge in [-0.25, -0.2) is 0 Å². The predicted molar refractivity (Wildman–Crippen MR) is 101 cm³/mol. The van der Waals surface area contributed by atoms with E-state index in [4.69, 9.17) is 16.3 Å². The first-order valence-electron chi connectivity index (χ1n) is 8.36. The van der Waals surface area contributed by atoms with Gasteiger partial charge in [0.1, 0.15) is 6.04 Å². The van der Waals surface area contributed by atoms with Crippen LogP contribution in [0.15, 0.2) is 42.5 Å². The highest BCUT2D eigenvalue weighted by atomic mass is 35.5. The standard InChI is InChI=1S/C19H16ClN3O4/c1-27-19(24)15-9-13-11-4-2-3-5-14(11)21-18(13)17(22-15)12-7-6-10(20)8-16(12)23(25)26/h2-8,15,17,21-22H,9H2,1H3/t15-,17-/m1/s1. The molecular weight excluding hydrogens is 370 g/mol. The van der Waals surface area contributed by atoms with Gasteiger partial charge in [0, 0.05) is 34.1 Å². The Labute approximate surface area is 159 Å². The summed E-state index contributed by atoms with van der Waals surface area (Å²) in [5, 5.41) is 16.1. The van der Waals surface area contributed by atoms with Gasteiger partial charge in [-0.15, -0.1) is 0 Å². The predicted octanol–water partition coefficient (Wildman–Crippen LogP) is 3.51. The summed E-state index contributed by atoms with van der Waals surface area (Å²) >= 11 is 5.96. The lowest BCUT2D eigenvalue weighted by molar-refractivity contribution is -0.385. The molecule has 0 saturated carbocycles. The highest BCUT2D eigenvalue weighted by Gasteiger charge is 2.37. The van der Waals surface area contributed by atoms with Gasteiger partial charge < -0.3 is 9.72 Å². The quantitative estimate of drug-likeness (QED) is 0.408. The largest absolute Gasteiger partial charge is 0.468 e. The zero-order chi connectivity index (χ0) is 19.1. The van der Waals surface area contributed by atoms with E-state index >= 15 is 0 Å². The summed E-state index contributed by atoms with van der Waals surface area (Å²) in [6.45, 7) is 0.